The van der Waals surface area contributed by atoms with Crippen molar-refractivity contribution in [1.29, 1.82) is 0 Å². The maximum absolute atomic E-state index is 6.11. The summed E-state index contributed by atoms with van der Waals surface area (Å²) in [5.41, 5.74) is 2.53. The number of aryl methyl sites for hydroxylation is 1. The highest BCUT2D eigenvalue weighted by Crippen LogP contribution is 2.31. The number of aromatic nitrogens is 2. The van der Waals surface area contributed by atoms with Crippen molar-refractivity contribution in [3.05, 3.63) is 44.8 Å². The van der Waals surface area contributed by atoms with E-state index in [0.29, 0.717) is 21.0 Å². The van der Waals surface area contributed by atoms with E-state index < -0.39 is 0 Å². The second-order valence-corrected chi connectivity index (χ2v) is 5.06. The van der Waals surface area contributed by atoms with Gasteiger partial charge in [-0.25, -0.2) is 9.97 Å². The van der Waals surface area contributed by atoms with Gasteiger partial charge in [0.1, 0.15) is 11.0 Å². The van der Waals surface area contributed by atoms with Crippen LogP contribution in [0.3, 0.4) is 0 Å². The number of hydrogen-bond donors (Lipinski definition) is 0. The molecule has 94 valence electrons. The van der Waals surface area contributed by atoms with E-state index in [2.05, 4.69) is 9.97 Å². The first-order valence-electron chi connectivity index (χ1n) is 5.51. The molecule has 5 heteroatoms. The van der Waals surface area contributed by atoms with Crippen molar-refractivity contribution < 1.29 is 0 Å². The molecule has 0 amide bonds. The largest absolute Gasteiger partial charge is 0.233 e. The van der Waals surface area contributed by atoms with Crippen LogP contribution < -0.4 is 0 Å². The van der Waals surface area contributed by atoms with Gasteiger partial charge in [0.05, 0.1) is 15.7 Å². The molecule has 0 atom stereocenters. The van der Waals surface area contributed by atoms with Crippen LogP contribution in [0.2, 0.25) is 15.2 Å². The van der Waals surface area contributed by atoms with E-state index in [9.17, 15) is 0 Å². The number of benzene rings is 1. The summed E-state index contributed by atoms with van der Waals surface area (Å²) in [6, 6.07) is 5.41. The summed E-state index contributed by atoms with van der Waals surface area (Å²) in [5, 5.41) is 1.50. The Hall–Kier alpha value is -0.830. The minimum atomic E-state index is 0.475. The van der Waals surface area contributed by atoms with Gasteiger partial charge in [-0.3, -0.25) is 0 Å². The molecule has 1 aromatic carbocycles. The highest BCUT2D eigenvalue weighted by atomic mass is 35.5. The molecule has 0 radical (unpaired) electrons. The van der Waals surface area contributed by atoms with Gasteiger partial charge < -0.3 is 0 Å². The van der Waals surface area contributed by atoms with E-state index in [0.717, 1.165) is 23.2 Å². The summed E-state index contributed by atoms with van der Waals surface area (Å²) in [5.74, 6) is 0.715. The molecule has 2 aromatic rings. The van der Waals surface area contributed by atoms with Crippen molar-refractivity contribution in [2.24, 2.45) is 0 Å². The molecule has 18 heavy (non-hydrogen) atoms. The predicted molar refractivity (Wildman–Crippen MR) is 76.6 cm³/mol. The van der Waals surface area contributed by atoms with Crippen LogP contribution in [0, 0.1) is 6.92 Å². The van der Waals surface area contributed by atoms with Crippen LogP contribution in [0.5, 0.6) is 0 Å². The van der Waals surface area contributed by atoms with Crippen LogP contribution in [-0.2, 0) is 6.42 Å². The maximum atomic E-state index is 6.11. The maximum Gasteiger partial charge on any atom is 0.136 e. The first-order chi connectivity index (χ1) is 8.52. The highest BCUT2D eigenvalue weighted by molar-refractivity contribution is 6.42. The second kappa shape index (κ2) is 5.43. The van der Waals surface area contributed by atoms with Gasteiger partial charge in [-0.05, 0) is 19.1 Å². The molecule has 0 aliphatic carbocycles. The molecule has 2 nitrogen and oxygen atoms in total. The minimum Gasteiger partial charge on any atom is -0.233 e. The summed E-state index contributed by atoms with van der Waals surface area (Å²) in [6.07, 6.45) is 0.730. The summed E-state index contributed by atoms with van der Waals surface area (Å²) >= 11 is 18.0. The van der Waals surface area contributed by atoms with Gasteiger partial charge in [0.25, 0.3) is 0 Å². The summed E-state index contributed by atoms with van der Waals surface area (Å²) in [4.78, 5) is 8.71. The third-order valence-electron chi connectivity index (χ3n) is 2.64. The first-order valence-corrected chi connectivity index (χ1v) is 6.64. The molecule has 0 aliphatic heterocycles. The van der Waals surface area contributed by atoms with Gasteiger partial charge in [0, 0.05) is 17.5 Å². The summed E-state index contributed by atoms with van der Waals surface area (Å²) < 4.78 is 0. The van der Waals surface area contributed by atoms with Crippen LogP contribution in [0.1, 0.15) is 18.3 Å². The number of hydrogen-bond acceptors (Lipinski definition) is 2. The highest BCUT2D eigenvalue weighted by Gasteiger charge is 2.11. The number of nitrogens with zero attached hydrogens (tertiary/aromatic N) is 2. The molecule has 0 N–H and O–H groups in total. The Bertz CT molecular complexity index is 597. The fourth-order valence-electron chi connectivity index (χ4n) is 1.62. The van der Waals surface area contributed by atoms with Gasteiger partial charge in [-0.1, -0.05) is 47.8 Å². The molecular formula is C13H11Cl3N2. The molecule has 1 aromatic heterocycles. The van der Waals surface area contributed by atoms with E-state index in [1.165, 1.54) is 0 Å². The Kier molecular flexibility index (Phi) is 4.10. The molecule has 0 saturated carbocycles. The van der Waals surface area contributed by atoms with Crippen molar-refractivity contribution in [1.82, 2.24) is 9.97 Å². The lowest BCUT2D eigenvalue weighted by atomic mass is 10.1. The smallest absolute Gasteiger partial charge is 0.136 e. The fourth-order valence-corrected chi connectivity index (χ4v) is 2.10. The average molecular weight is 302 g/mol. The lowest BCUT2D eigenvalue weighted by Crippen LogP contribution is -1.99. The van der Waals surface area contributed by atoms with Crippen LogP contribution in [-0.4, -0.2) is 9.97 Å². The van der Waals surface area contributed by atoms with Gasteiger partial charge in [-0.2, -0.15) is 0 Å². The van der Waals surface area contributed by atoms with Crippen LogP contribution >= 0.6 is 34.8 Å². The van der Waals surface area contributed by atoms with E-state index in [1.54, 1.807) is 12.1 Å². The monoisotopic (exact) mass is 300 g/mol. The third-order valence-corrected chi connectivity index (χ3v) is 3.75. The van der Waals surface area contributed by atoms with E-state index in [1.807, 2.05) is 19.9 Å². The van der Waals surface area contributed by atoms with Crippen LogP contribution in [0.25, 0.3) is 11.3 Å². The molecular weight excluding hydrogens is 291 g/mol. The normalized spacial score (nSPS) is 10.7. The van der Waals surface area contributed by atoms with Crippen molar-refractivity contribution in [3.63, 3.8) is 0 Å². The van der Waals surface area contributed by atoms with Crippen molar-refractivity contribution in [2.75, 3.05) is 0 Å². The van der Waals surface area contributed by atoms with Crippen molar-refractivity contribution in [2.45, 2.75) is 20.3 Å². The molecule has 0 bridgehead atoms. The van der Waals surface area contributed by atoms with Crippen molar-refractivity contribution >= 4 is 34.8 Å². The molecule has 0 saturated heterocycles. The average Bonchev–Trinajstić information content (AvgIpc) is 2.36. The van der Waals surface area contributed by atoms with Gasteiger partial charge in [-0.15, -0.1) is 0 Å². The van der Waals surface area contributed by atoms with Gasteiger partial charge in [0.2, 0.25) is 0 Å². The third kappa shape index (κ3) is 2.61. The summed E-state index contributed by atoms with van der Waals surface area (Å²) in [7, 11) is 0. The lowest BCUT2D eigenvalue weighted by molar-refractivity contribution is 0.934. The standard InChI is InChI=1S/C13H11Cl3N2/c1-3-11-17-12(7(2)13(16)18-11)8-4-5-9(14)10(15)6-8/h4-6H,3H2,1-2H3. The number of rotatable bonds is 2. The van der Waals surface area contributed by atoms with Crippen LogP contribution in [0.15, 0.2) is 18.2 Å². The molecule has 0 unspecified atom stereocenters. The molecule has 0 aliphatic rings. The molecule has 0 fully saturated rings. The van der Waals surface area contributed by atoms with Gasteiger partial charge >= 0.3 is 0 Å². The Morgan fingerprint density at radius 2 is 1.78 bits per heavy atom. The number of halogens is 3. The Morgan fingerprint density at radius 1 is 1.06 bits per heavy atom. The van der Waals surface area contributed by atoms with Gasteiger partial charge in [0.15, 0.2) is 0 Å². The van der Waals surface area contributed by atoms with E-state index in [-0.39, 0.29) is 0 Å². The predicted octanol–water partition coefficient (Wildman–Crippen LogP) is 4.97. The van der Waals surface area contributed by atoms with Crippen molar-refractivity contribution in [3.8, 4) is 11.3 Å². The quantitative estimate of drug-likeness (QED) is 0.731. The Labute approximate surface area is 121 Å². The topological polar surface area (TPSA) is 25.8 Å². The van der Waals surface area contributed by atoms with Crippen LogP contribution in [0.4, 0.5) is 0 Å². The Balaban J connectivity index is 2.62. The fraction of sp³-hybridized carbons (Fsp3) is 0.231. The molecule has 2 rings (SSSR count). The molecule has 0 spiro atoms. The summed E-state index contributed by atoms with van der Waals surface area (Å²) in [6.45, 7) is 3.87. The zero-order valence-corrected chi connectivity index (χ0v) is 12.2. The molecule has 1 heterocycles. The van der Waals surface area contributed by atoms with E-state index >= 15 is 0 Å². The second-order valence-electron chi connectivity index (χ2n) is 3.89. The zero-order chi connectivity index (χ0) is 13.3. The first kappa shape index (κ1) is 13.6. The minimum absolute atomic E-state index is 0.475. The van der Waals surface area contributed by atoms with E-state index in [4.69, 9.17) is 34.8 Å². The SMILES string of the molecule is CCc1nc(Cl)c(C)c(-c2ccc(Cl)c(Cl)c2)n1. The zero-order valence-electron chi connectivity index (χ0n) is 9.97. The Morgan fingerprint density at radius 3 is 2.39 bits per heavy atom. The lowest BCUT2D eigenvalue weighted by Gasteiger charge is -2.09.